The second kappa shape index (κ2) is 6.13. The van der Waals surface area contributed by atoms with Crippen molar-refractivity contribution in [1.29, 1.82) is 0 Å². The van der Waals surface area contributed by atoms with Crippen molar-refractivity contribution in [2.75, 3.05) is 11.9 Å². The minimum Gasteiger partial charge on any atom is -0.494 e. The third-order valence-corrected chi connectivity index (χ3v) is 3.44. The van der Waals surface area contributed by atoms with Crippen LogP contribution in [0, 0.1) is 0 Å². The third-order valence-electron chi connectivity index (χ3n) is 2.44. The van der Waals surface area contributed by atoms with Gasteiger partial charge in [-0.1, -0.05) is 23.5 Å². The highest BCUT2D eigenvalue weighted by Gasteiger charge is 2.33. The van der Waals surface area contributed by atoms with Gasteiger partial charge in [0.05, 0.1) is 12.8 Å². The van der Waals surface area contributed by atoms with E-state index in [9.17, 15) is 13.2 Å². The normalized spacial score (nSPS) is 11.4. The van der Waals surface area contributed by atoms with E-state index in [1.165, 1.54) is 0 Å². The summed E-state index contributed by atoms with van der Waals surface area (Å²) < 4.78 is 42.6. The van der Waals surface area contributed by atoms with Gasteiger partial charge in [0, 0.05) is 6.54 Å². The number of hydrogen-bond donors (Lipinski definition) is 1. The van der Waals surface area contributed by atoms with Crippen molar-refractivity contribution in [2.24, 2.45) is 0 Å². The summed E-state index contributed by atoms with van der Waals surface area (Å²) in [5, 5.41) is 3.12. The van der Waals surface area contributed by atoms with Crippen molar-refractivity contribution >= 4 is 16.5 Å². The van der Waals surface area contributed by atoms with Crippen molar-refractivity contribution in [3.05, 3.63) is 40.9 Å². The van der Waals surface area contributed by atoms with Crippen LogP contribution >= 0.6 is 11.3 Å². The Hall–Kier alpha value is -1.76. The molecule has 0 saturated heterocycles. The number of ether oxygens (including phenoxy) is 1. The summed E-state index contributed by atoms with van der Waals surface area (Å²) in [7, 11) is 0. The molecule has 3 nitrogen and oxygen atoms in total. The molecule has 0 spiro atoms. The molecule has 0 radical (unpaired) electrons. The predicted octanol–water partition coefficient (Wildman–Crippen LogP) is 4.17. The molecule has 0 amide bonds. The molecule has 0 aliphatic carbocycles. The van der Waals surface area contributed by atoms with Gasteiger partial charge in [0.1, 0.15) is 10.6 Å². The zero-order valence-corrected chi connectivity index (χ0v) is 11.5. The van der Waals surface area contributed by atoms with E-state index in [-0.39, 0.29) is 5.13 Å². The van der Waals surface area contributed by atoms with Crippen LogP contribution in [0.1, 0.15) is 17.4 Å². The van der Waals surface area contributed by atoms with Crippen LogP contribution in [0.5, 0.6) is 5.75 Å². The van der Waals surface area contributed by atoms with Crippen LogP contribution < -0.4 is 10.1 Å². The Morgan fingerprint density at radius 2 is 2.15 bits per heavy atom. The van der Waals surface area contributed by atoms with Gasteiger partial charge in [-0.05, 0) is 24.6 Å². The van der Waals surface area contributed by atoms with Crippen molar-refractivity contribution in [2.45, 2.75) is 19.6 Å². The van der Waals surface area contributed by atoms with Crippen LogP contribution in [0.15, 0.2) is 30.5 Å². The number of aromatic nitrogens is 1. The first kappa shape index (κ1) is 14.6. The Morgan fingerprint density at radius 1 is 1.35 bits per heavy atom. The smallest absolute Gasteiger partial charge is 0.427 e. The van der Waals surface area contributed by atoms with Gasteiger partial charge < -0.3 is 10.1 Å². The molecule has 0 fully saturated rings. The summed E-state index contributed by atoms with van der Waals surface area (Å²) in [6.07, 6.45) is -3.50. The van der Waals surface area contributed by atoms with Gasteiger partial charge in [-0.25, -0.2) is 4.98 Å². The predicted molar refractivity (Wildman–Crippen MR) is 72.1 cm³/mol. The van der Waals surface area contributed by atoms with Crippen LogP contribution in [-0.4, -0.2) is 11.6 Å². The quantitative estimate of drug-likeness (QED) is 0.900. The molecular formula is C13H13F3N2OS. The Morgan fingerprint density at radius 3 is 2.80 bits per heavy atom. The Kier molecular flexibility index (Phi) is 4.49. The van der Waals surface area contributed by atoms with Crippen LogP contribution in [0.25, 0.3) is 0 Å². The fourth-order valence-corrected chi connectivity index (χ4v) is 2.26. The molecule has 1 heterocycles. The zero-order chi connectivity index (χ0) is 14.6. The molecule has 1 aromatic carbocycles. The average molecular weight is 302 g/mol. The monoisotopic (exact) mass is 302 g/mol. The van der Waals surface area contributed by atoms with E-state index in [1.807, 2.05) is 31.2 Å². The third kappa shape index (κ3) is 3.86. The molecule has 0 bridgehead atoms. The molecule has 2 aromatic rings. The van der Waals surface area contributed by atoms with Gasteiger partial charge in [0.2, 0.25) is 0 Å². The number of rotatable bonds is 5. The Bertz CT molecular complexity index is 569. The van der Waals surface area contributed by atoms with Crippen LogP contribution in [0.3, 0.4) is 0 Å². The lowest BCUT2D eigenvalue weighted by Gasteiger charge is -2.06. The molecule has 0 saturated carbocycles. The maximum Gasteiger partial charge on any atom is 0.427 e. The van der Waals surface area contributed by atoms with Crippen molar-refractivity contribution in [3.63, 3.8) is 0 Å². The fourth-order valence-electron chi connectivity index (χ4n) is 1.58. The summed E-state index contributed by atoms with van der Waals surface area (Å²) in [5.41, 5.74) is 0.916. The molecule has 7 heteroatoms. The molecule has 0 aliphatic heterocycles. The van der Waals surface area contributed by atoms with E-state index in [4.69, 9.17) is 4.74 Å². The lowest BCUT2D eigenvalue weighted by atomic mass is 10.2. The molecule has 2 rings (SSSR count). The number of hydrogen-bond acceptors (Lipinski definition) is 4. The summed E-state index contributed by atoms with van der Waals surface area (Å²) in [4.78, 5) is 3.01. The van der Waals surface area contributed by atoms with Gasteiger partial charge in [-0.3, -0.25) is 0 Å². The molecule has 1 N–H and O–H groups in total. The van der Waals surface area contributed by atoms with Crippen molar-refractivity contribution in [3.8, 4) is 5.75 Å². The highest BCUT2D eigenvalue weighted by Crippen LogP contribution is 2.35. The van der Waals surface area contributed by atoms with Gasteiger partial charge in [-0.15, -0.1) is 0 Å². The zero-order valence-electron chi connectivity index (χ0n) is 10.7. The second-order valence-electron chi connectivity index (χ2n) is 3.96. The summed E-state index contributed by atoms with van der Waals surface area (Å²) >= 11 is 0.595. The highest BCUT2D eigenvalue weighted by atomic mass is 32.1. The number of nitrogens with one attached hydrogen (secondary N) is 1. The van der Waals surface area contributed by atoms with E-state index in [2.05, 4.69) is 10.3 Å². The molecule has 0 unspecified atom stereocenters. The molecule has 0 aliphatic rings. The number of benzene rings is 1. The number of halogens is 3. The van der Waals surface area contributed by atoms with Crippen molar-refractivity contribution < 1.29 is 17.9 Å². The lowest BCUT2D eigenvalue weighted by Crippen LogP contribution is -2.01. The van der Waals surface area contributed by atoms with E-state index in [0.717, 1.165) is 17.5 Å². The Labute approximate surface area is 118 Å². The van der Waals surface area contributed by atoms with E-state index < -0.39 is 11.1 Å². The highest BCUT2D eigenvalue weighted by molar-refractivity contribution is 7.15. The second-order valence-corrected chi connectivity index (χ2v) is 4.99. The average Bonchev–Trinajstić information content (AvgIpc) is 2.86. The van der Waals surface area contributed by atoms with Gasteiger partial charge >= 0.3 is 6.18 Å². The van der Waals surface area contributed by atoms with Gasteiger partial charge in [-0.2, -0.15) is 13.2 Å². The van der Waals surface area contributed by atoms with E-state index >= 15 is 0 Å². The first-order valence-corrected chi connectivity index (χ1v) is 6.79. The molecule has 1 aromatic heterocycles. The largest absolute Gasteiger partial charge is 0.494 e. The van der Waals surface area contributed by atoms with Crippen molar-refractivity contribution in [1.82, 2.24) is 4.98 Å². The first-order valence-electron chi connectivity index (χ1n) is 5.97. The number of alkyl halides is 3. The molecule has 0 atom stereocenters. The topological polar surface area (TPSA) is 34.1 Å². The maximum atomic E-state index is 12.4. The van der Waals surface area contributed by atoms with Gasteiger partial charge in [0.25, 0.3) is 0 Å². The summed E-state index contributed by atoms with van der Waals surface area (Å²) in [5.74, 6) is 0.738. The number of anilines is 1. The molecular weight excluding hydrogens is 289 g/mol. The molecule has 108 valence electrons. The first-order chi connectivity index (χ1) is 9.49. The number of thiazole rings is 1. The summed E-state index contributed by atoms with van der Waals surface area (Å²) in [6.45, 7) is 2.85. The fraction of sp³-hybridized carbons (Fsp3) is 0.308. The maximum absolute atomic E-state index is 12.4. The van der Waals surface area contributed by atoms with Gasteiger partial charge in [0.15, 0.2) is 5.13 Å². The van der Waals surface area contributed by atoms with Crippen LogP contribution in [-0.2, 0) is 12.7 Å². The lowest BCUT2D eigenvalue weighted by molar-refractivity contribution is -0.134. The summed E-state index contributed by atoms with van der Waals surface area (Å²) in [6, 6.07) is 7.38. The minimum atomic E-state index is -4.34. The Balaban J connectivity index is 1.98. The molecule has 20 heavy (non-hydrogen) atoms. The number of nitrogens with zero attached hydrogens (tertiary/aromatic N) is 1. The van der Waals surface area contributed by atoms with E-state index in [0.29, 0.717) is 24.5 Å². The van der Waals surface area contributed by atoms with E-state index in [1.54, 1.807) is 0 Å². The van der Waals surface area contributed by atoms with Crippen LogP contribution in [0.4, 0.5) is 18.3 Å². The standard InChI is InChI=1S/C13H13F3N2OS/c1-2-19-10-5-3-4-9(6-10)7-17-12-18-8-11(20-12)13(14,15)16/h3-6,8H,2,7H2,1H3,(H,17,18). The van der Waals surface area contributed by atoms with Crippen LogP contribution in [0.2, 0.25) is 0 Å². The SMILES string of the molecule is CCOc1cccc(CNc2ncc(C(F)(F)F)s2)c1. The minimum absolute atomic E-state index is 0.249.